The van der Waals surface area contributed by atoms with Crippen LogP contribution in [-0.2, 0) is 76.0 Å². The number of halogens is 13. The zero-order valence-electron chi connectivity index (χ0n) is 79.2. The van der Waals surface area contributed by atoms with Crippen molar-refractivity contribution in [1.82, 2.24) is 4.90 Å². The summed E-state index contributed by atoms with van der Waals surface area (Å²) in [5, 5.41) is 17.0. The van der Waals surface area contributed by atoms with Gasteiger partial charge in [0.2, 0.25) is 5.91 Å². The number of nitrogens with one attached hydrogen (secondary N) is 2. The molecule has 40 heteroatoms. The molecule has 0 aromatic heterocycles. The number of nitrogens with zero attached hydrogens (tertiary/aromatic N) is 4. The minimum Gasteiger partial charge on any atom is -0.870 e. The Kier molecular flexibility index (Phi) is 39.6. The van der Waals surface area contributed by atoms with Crippen molar-refractivity contribution in [3.05, 3.63) is 229 Å². The first-order valence-corrected chi connectivity index (χ1v) is 46.1. The number of anilines is 6. The van der Waals surface area contributed by atoms with Crippen molar-refractivity contribution in [2.75, 3.05) is 134 Å². The molecule has 3 fully saturated rings. The van der Waals surface area contributed by atoms with Gasteiger partial charge in [-0.25, -0.2) is 0 Å². The van der Waals surface area contributed by atoms with Crippen LogP contribution in [0, 0.1) is 35.5 Å². The van der Waals surface area contributed by atoms with Crippen molar-refractivity contribution in [3.8, 4) is 51.7 Å². The first-order valence-electron chi connectivity index (χ1n) is 44.0. The Morgan fingerprint density at radius 3 is 1.01 bits per heavy atom. The topological polar surface area (TPSA) is 317 Å². The Morgan fingerprint density at radius 2 is 0.729 bits per heavy atom. The summed E-state index contributed by atoms with van der Waals surface area (Å²) in [6, 6.07) is 41.5. The van der Waals surface area contributed by atoms with Crippen LogP contribution in [0.3, 0.4) is 0 Å². The largest absolute Gasteiger partial charge is 1.00 e. The van der Waals surface area contributed by atoms with E-state index in [1.165, 1.54) is 82.7 Å². The van der Waals surface area contributed by atoms with Gasteiger partial charge in [-0.15, -0.1) is 0 Å². The van der Waals surface area contributed by atoms with Crippen LogP contribution in [0.1, 0.15) is 121 Å². The van der Waals surface area contributed by atoms with E-state index in [1.807, 2.05) is 0 Å². The molecule has 15 rings (SSSR count). The number of carbonyl (C=O) groups excluding carboxylic acids is 5. The van der Waals surface area contributed by atoms with E-state index >= 15 is 0 Å². The SMILES string of the molecule is CCN(C(C)C)C(C)C.COC(=O)[C@@H]1C[C@H]1COc1cc(N)cc(OC)c1.COC(=O)[C@@H]1C[C@H]1COc1cc(NC(C(=O)N2CCc3cc(OC)c(C(F)(F)F)cc32)c2ccc(Cl)cc2)cc(OC)c1.COc1cc(NC(C(=O)N2CCc3cc(OC)c(C(F)(F)F)cc32)c2ccc(Cl)cc2)cc(OC[C@@H]2C[C@H]2C(=O)O)c1.COc1cc2c(cc1C(F)(F)F)N(C(=O)C(Br)c1ccc(Cl)cc1)CC2.[Li+].[OH-]. The number of carboxylic acids is 1. The quantitative estimate of drug-likeness (QED) is 0.0103. The summed E-state index contributed by atoms with van der Waals surface area (Å²) in [5.41, 5.74) is 8.61. The third-order valence-corrected chi connectivity index (χ3v) is 25.7. The molecule has 3 aliphatic carbocycles. The molecule has 9 aromatic carbocycles. The Bertz CT molecular complexity index is 5790. The molecule has 6 N–H and O–H groups in total. The van der Waals surface area contributed by atoms with Crippen LogP contribution in [-0.4, -0.2) is 166 Å². The minimum absolute atomic E-state index is 0. The van der Waals surface area contributed by atoms with Crippen LogP contribution in [0.15, 0.2) is 164 Å². The van der Waals surface area contributed by atoms with Crippen LogP contribution >= 0.6 is 50.7 Å². The number of esters is 2. The molecule has 3 unspecified atom stereocenters. The number of alkyl halides is 10. The second kappa shape index (κ2) is 49.4. The molecule has 9 atom stereocenters. The number of rotatable bonds is 31. The van der Waals surface area contributed by atoms with Gasteiger partial charge in [-0.1, -0.05) is 94.1 Å². The number of methoxy groups -OCH3 is 8. The second-order valence-corrected chi connectivity index (χ2v) is 36.0. The maximum absolute atomic E-state index is 14.1. The summed E-state index contributed by atoms with van der Waals surface area (Å²) in [6.45, 7) is 14.0. The normalized spacial score (nSPS) is 17.2. The Balaban J connectivity index is 0.000000210. The van der Waals surface area contributed by atoms with Crippen molar-refractivity contribution in [2.24, 2.45) is 35.5 Å². The fourth-order valence-corrected chi connectivity index (χ4v) is 17.4. The van der Waals surface area contributed by atoms with Crippen molar-refractivity contribution in [1.29, 1.82) is 0 Å². The van der Waals surface area contributed by atoms with E-state index in [-0.39, 0.29) is 126 Å². The third-order valence-electron chi connectivity index (χ3n) is 24.1. The Labute approximate surface area is 840 Å². The predicted molar refractivity (Wildman–Crippen MR) is 512 cm³/mol. The van der Waals surface area contributed by atoms with E-state index < -0.39 is 75.8 Å². The number of amides is 3. The van der Waals surface area contributed by atoms with Gasteiger partial charge in [0.25, 0.3) is 11.8 Å². The number of aliphatic carboxylic acids is 1. The van der Waals surface area contributed by atoms with E-state index in [0.717, 1.165) is 31.2 Å². The van der Waals surface area contributed by atoms with Crippen LogP contribution in [0.5, 0.6) is 51.7 Å². The molecule has 0 bridgehead atoms. The fraction of sp³-hybridized carbons (Fsp3) is 0.400. The average molecular weight is 2080 g/mol. The van der Waals surface area contributed by atoms with Crippen LogP contribution in [0.4, 0.5) is 73.6 Å². The van der Waals surface area contributed by atoms with E-state index in [2.05, 4.69) is 70.8 Å². The third kappa shape index (κ3) is 29.0. The number of carboxylic acid groups (broad SMARTS) is 1. The number of benzene rings is 9. The molecular formula is C100H109BrCl3F9LiN7O19. The number of nitrogen functional groups attached to an aromatic ring is 1. The van der Waals surface area contributed by atoms with Gasteiger partial charge in [-0.3, -0.25) is 33.7 Å². The molecule has 3 aliphatic heterocycles. The molecule has 6 aliphatic rings. The summed E-state index contributed by atoms with van der Waals surface area (Å²) in [6.07, 6.45) is -10.7. The monoisotopic (exact) mass is 2070 g/mol. The Hall–Kier alpha value is -11.4. The van der Waals surface area contributed by atoms with E-state index in [9.17, 15) is 68.3 Å². The van der Waals surface area contributed by atoms with Crippen LogP contribution < -0.4 is 92.6 Å². The maximum atomic E-state index is 14.1. The predicted octanol–water partition coefficient (Wildman–Crippen LogP) is 18.3. The summed E-state index contributed by atoms with van der Waals surface area (Å²) >= 11 is 21.4. The molecule has 0 spiro atoms. The first kappa shape index (κ1) is 112. The smallest absolute Gasteiger partial charge is 0.870 e. The van der Waals surface area contributed by atoms with Crippen LogP contribution in [0.25, 0.3) is 0 Å². The molecule has 140 heavy (non-hydrogen) atoms. The summed E-state index contributed by atoms with van der Waals surface area (Å²) in [4.78, 5) is 81.1. The minimum atomic E-state index is -4.67. The summed E-state index contributed by atoms with van der Waals surface area (Å²) in [7, 11) is 10.9. The van der Waals surface area contributed by atoms with Gasteiger partial charge in [0.05, 0.1) is 111 Å². The van der Waals surface area contributed by atoms with Crippen molar-refractivity contribution < 1.29 is 150 Å². The van der Waals surface area contributed by atoms with E-state index in [4.69, 9.17) is 93.0 Å². The van der Waals surface area contributed by atoms with Crippen molar-refractivity contribution in [3.63, 3.8) is 0 Å². The molecular weight excluding hydrogens is 1970 g/mol. The standard InChI is InChI=1S/C31H30ClF3N2O6.C30H28ClF3N2O6.C18H14BrClF3NO2.C13H17NO4.C8H19N.Li.H2O/c1-40-22-12-21(13-23(14-22)43-16-19-10-24(19)30(39)42-3)36-28(17-4-6-20(32)7-5-17)29(38)37-9-8-18-11-27(41-2)25(15-26(18)37)31(33,34)35;1-40-21-11-20(12-22(13-21)42-15-18-9-23(18)29(38)39)35-27(16-3-5-19(31)6-4-16)28(37)36-8-7-17-10-26(41-2)24(14-25(17)36)30(32,33)34;1-26-15-8-11-6-7-24(14(11)9-13(15)18(21,22)23)17(25)16(19)10-2-4-12(20)5-3-10;1-16-10-4-9(14)5-11(6-10)18-7-8-3-12(8)13(15)17-2;1-6-9(7(2)3)8(4)5;;/h4-7,11-15,19,24,28,36H,8-10,16H2,1-3H3;3-6,10-14,18,23,27,35H,7-9,15H2,1-2H3,(H,38,39);2-5,8-9,16H,6-7H2,1H3;4-6,8,12H,3,7,14H2,1-2H3;7-8H,6H2,1-5H3;;1H2/q;;;;;+1;/p-1/t19-,24+,28?;18-,23+,27?;;8-,12+;;;/m00.0.../s1. The molecule has 3 heterocycles. The number of hydrogen-bond acceptors (Lipinski definition) is 22. The van der Waals surface area contributed by atoms with Gasteiger partial charge in [-0.2, -0.15) is 39.5 Å². The van der Waals surface area contributed by atoms with Crippen molar-refractivity contribution in [2.45, 2.75) is 121 Å². The zero-order chi connectivity index (χ0) is 101. The number of carbonyl (C=O) groups is 6. The number of hydrogen-bond donors (Lipinski definition) is 4. The van der Waals surface area contributed by atoms with Gasteiger partial charge < -0.3 is 93.8 Å². The average Bonchev–Trinajstić information content (AvgIpc) is 1.61. The molecule has 750 valence electrons. The fourth-order valence-electron chi connectivity index (χ4n) is 16.5. The van der Waals surface area contributed by atoms with E-state index in [0.29, 0.717) is 164 Å². The van der Waals surface area contributed by atoms with Gasteiger partial charge in [0.1, 0.15) is 68.7 Å². The number of ether oxygens (including phenoxy) is 11. The molecule has 26 nitrogen and oxygen atoms in total. The molecule has 3 amide bonds. The van der Waals surface area contributed by atoms with Gasteiger partial charge in [-0.05, 0) is 179 Å². The zero-order valence-corrected chi connectivity index (χ0v) is 83.1. The summed E-state index contributed by atoms with van der Waals surface area (Å²) in [5.74, 6) is -0.767. The maximum Gasteiger partial charge on any atom is 1.00 e. The first-order chi connectivity index (χ1) is 65.4. The Morgan fingerprint density at radius 1 is 0.436 bits per heavy atom. The van der Waals surface area contributed by atoms with Crippen molar-refractivity contribution >= 4 is 120 Å². The molecule has 3 saturated carbocycles. The summed E-state index contributed by atoms with van der Waals surface area (Å²) < 4.78 is 180. The van der Waals surface area contributed by atoms with Gasteiger partial charge >= 0.3 is 55.3 Å². The molecule has 0 radical (unpaired) electrons. The molecule has 9 aromatic rings. The second-order valence-electron chi connectivity index (χ2n) is 33.8. The molecule has 0 saturated heterocycles. The van der Waals surface area contributed by atoms with E-state index in [1.54, 1.807) is 135 Å². The van der Waals surface area contributed by atoms with Gasteiger partial charge in [0.15, 0.2) is 0 Å². The van der Waals surface area contributed by atoms with Crippen LogP contribution in [0.2, 0.25) is 15.1 Å². The number of fused-ring (bicyclic) bond motifs is 3. The van der Waals surface area contributed by atoms with Gasteiger partial charge in [0, 0.05) is 153 Å². The number of nitrogens with two attached hydrogens (primary N) is 1.